The van der Waals surface area contributed by atoms with Gasteiger partial charge < -0.3 is 24.4 Å². The Morgan fingerprint density at radius 2 is 1.60 bits per heavy atom. The van der Waals surface area contributed by atoms with Crippen molar-refractivity contribution in [2.75, 3.05) is 30.0 Å². The number of nitrogens with one attached hydrogen (secondary N) is 1. The highest BCUT2D eigenvalue weighted by Crippen LogP contribution is 2.29. The number of aryl methyl sites for hydroxylation is 2. The molecule has 0 aromatic heterocycles. The van der Waals surface area contributed by atoms with Gasteiger partial charge in [0.2, 0.25) is 5.91 Å². The van der Waals surface area contributed by atoms with E-state index < -0.39 is 30.4 Å². The van der Waals surface area contributed by atoms with Crippen molar-refractivity contribution in [3.8, 4) is 11.5 Å². The lowest BCUT2D eigenvalue weighted by molar-refractivity contribution is -0.151. The third-order valence-corrected chi connectivity index (χ3v) is 6.51. The summed E-state index contributed by atoms with van der Waals surface area (Å²) >= 11 is 0. The van der Waals surface area contributed by atoms with Crippen molar-refractivity contribution in [1.29, 1.82) is 0 Å². The molecule has 1 aliphatic heterocycles. The first-order valence-electron chi connectivity index (χ1n) is 13.1. The highest BCUT2D eigenvalue weighted by Gasteiger charge is 2.36. The zero-order chi connectivity index (χ0) is 28.6. The van der Waals surface area contributed by atoms with Gasteiger partial charge in [0, 0.05) is 24.3 Å². The van der Waals surface area contributed by atoms with Crippen LogP contribution in [0.3, 0.4) is 0 Å². The Hall–Kier alpha value is -4.66. The molecule has 1 N–H and O–H groups in total. The molecule has 1 heterocycles. The van der Waals surface area contributed by atoms with Crippen LogP contribution in [0.5, 0.6) is 11.5 Å². The summed E-state index contributed by atoms with van der Waals surface area (Å²) in [5.74, 6) is -1.11. The van der Waals surface area contributed by atoms with Crippen molar-refractivity contribution in [3.05, 3.63) is 83.4 Å². The van der Waals surface area contributed by atoms with Crippen molar-refractivity contribution in [1.82, 2.24) is 0 Å². The second kappa shape index (κ2) is 12.9. The number of anilines is 2. The Balaban J connectivity index is 1.25. The summed E-state index contributed by atoms with van der Waals surface area (Å²) < 4.78 is 16.2. The summed E-state index contributed by atoms with van der Waals surface area (Å²) in [6.45, 7) is 5.96. The predicted octanol–water partition coefficient (Wildman–Crippen LogP) is 5.20. The van der Waals surface area contributed by atoms with Crippen LogP contribution < -0.4 is 15.0 Å². The van der Waals surface area contributed by atoms with Crippen LogP contribution in [0.4, 0.5) is 11.4 Å². The lowest BCUT2D eigenvalue weighted by Crippen LogP contribution is -2.28. The van der Waals surface area contributed by atoms with Crippen LogP contribution in [-0.4, -0.2) is 43.5 Å². The first-order valence-corrected chi connectivity index (χ1v) is 13.1. The van der Waals surface area contributed by atoms with E-state index in [0.717, 1.165) is 17.7 Å². The number of esters is 2. The molecule has 0 bridgehead atoms. The number of ether oxygens (including phenoxy) is 3. The number of benzene rings is 3. The van der Waals surface area contributed by atoms with Gasteiger partial charge in [-0.3, -0.25) is 14.4 Å². The molecule has 1 atom stereocenters. The molecular weight excluding hydrogens is 512 g/mol. The Labute approximate surface area is 233 Å². The molecule has 208 valence electrons. The SMILES string of the molecule is CCCOC(=O)c1ccc(NC(=O)COC(=O)[C@H]2CC(=O)N(c3ccc(Oc4ccc(C)c(C)c4)cc3)C2)cc1. The highest BCUT2D eigenvalue weighted by molar-refractivity contribution is 6.00. The summed E-state index contributed by atoms with van der Waals surface area (Å²) in [7, 11) is 0. The molecule has 0 aliphatic carbocycles. The molecule has 4 rings (SSSR count). The zero-order valence-corrected chi connectivity index (χ0v) is 22.8. The normalized spacial score (nSPS) is 14.5. The maximum absolute atomic E-state index is 12.6. The van der Waals surface area contributed by atoms with Crippen LogP contribution in [0.25, 0.3) is 0 Å². The van der Waals surface area contributed by atoms with Crippen LogP contribution in [0.1, 0.15) is 41.3 Å². The number of amides is 2. The molecule has 0 saturated carbocycles. The molecule has 2 amide bonds. The smallest absolute Gasteiger partial charge is 0.338 e. The summed E-state index contributed by atoms with van der Waals surface area (Å²) in [5.41, 5.74) is 3.78. The molecular formula is C31H32N2O7. The van der Waals surface area contributed by atoms with Crippen LogP contribution in [0, 0.1) is 19.8 Å². The highest BCUT2D eigenvalue weighted by atomic mass is 16.5. The molecule has 9 heteroatoms. The summed E-state index contributed by atoms with van der Waals surface area (Å²) in [6, 6.07) is 19.2. The van der Waals surface area contributed by atoms with E-state index in [1.54, 1.807) is 48.5 Å². The maximum Gasteiger partial charge on any atom is 0.338 e. The summed E-state index contributed by atoms with van der Waals surface area (Å²) in [4.78, 5) is 50.9. The molecule has 0 spiro atoms. The molecule has 9 nitrogen and oxygen atoms in total. The number of rotatable bonds is 10. The van der Waals surface area contributed by atoms with E-state index in [4.69, 9.17) is 14.2 Å². The minimum Gasteiger partial charge on any atom is -0.462 e. The molecule has 1 aliphatic rings. The van der Waals surface area contributed by atoms with Gasteiger partial charge in [-0.2, -0.15) is 0 Å². The van der Waals surface area contributed by atoms with E-state index >= 15 is 0 Å². The van der Waals surface area contributed by atoms with E-state index in [0.29, 0.717) is 29.3 Å². The van der Waals surface area contributed by atoms with Crippen LogP contribution in [-0.2, 0) is 23.9 Å². The number of hydrogen-bond acceptors (Lipinski definition) is 7. The minimum absolute atomic E-state index is 0.00304. The minimum atomic E-state index is -0.680. The number of nitrogens with zero attached hydrogens (tertiary/aromatic N) is 1. The summed E-state index contributed by atoms with van der Waals surface area (Å²) in [6.07, 6.45) is 0.722. The van der Waals surface area contributed by atoms with Crippen LogP contribution in [0.15, 0.2) is 66.7 Å². The lowest BCUT2D eigenvalue weighted by Gasteiger charge is -2.17. The monoisotopic (exact) mass is 544 g/mol. The van der Waals surface area contributed by atoms with Crippen molar-refractivity contribution >= 4 is 35.1 Å². The van der Waals surface area contributed by atoms with E-state index in [1.807, 2.05) is 39.0 Å². The van der Waals surface area contributed by atoms with Gasteiger partial charge in [-0.05, 0) is 92.1 Å². The molecule has 1 saturated heterocycles. The second-order valence-corrected chi connectivity index (χ2v) is 9.62. The lowest BCUT2D eigenvalue weighted by atomic mass is 10.1. The second-order valence-electron chi connectivity index (χ2n) is 9.62. The average molecular weight is 545 g/mol. The third kappa shape index (κ3) is 7.25. The molecule has 0 radical (unpaired) electrons. The molecule has 40 heavy (non-hydrogen) atoms. The maximum atomic E-state index is 12.6. The zero-order valence-electron chi connectivity index (χ0n) is 22.8. The van der Waals surface area contributed by atoms with Crippen LogP contribution >= 0.6 is 0 Å². The largest absolute Gasteiger partial charge is 0.462 e. The fourth-order valence-electron chi connectivity index (χ4n) is 4.14. The van der Waals surface area contributed by atoms with Crippen molar-refractivity contribution in [2.45, 2.75) is 33.6 Å². The Bertz CT molecular complexity index is 1380. The van der Waals surface area contributed by atoms with Crippen molar-refractivity contribution < 1.29 is 33.4 Å². The fourth-order valence-corrected chi connectivity index (χ4v) is 4.14. The van der Waals surface area contributed by atoms with Gasteiger partial charge in [0.05, 0.1) is 18.1 Å². The van der Waals surface area contributed by atoms with Crippen LogP contribution in [0.2, 0.25) is 0 Å². The molecule has 3 aromatic carbocycles. The number of carbonyl (C=O) groups excluding carboxylic acids is 4. The van der Waals surface area contributed by atoms with E-state index in [9.17, 15) is 19.2 Å². The topological polar surface area (TPSA) is 111 Å². The van der Waals surface area contributed by atoms with Gasteiger partial charge in [-0.1, -0.05) is 13.0 Å². The van der Waals surface area contributed by atoms with Gasteiger partial charge in [0.15, 0.2) is 6.61 Å². The molecule has 1 fully saturated rings. The van der Waals surface area contributed by atoms with Gasteiger partial charge in [-0.15, -0.1) is 0 Å². The van der Waals surface area contributed by atoms with Crippen molar-refractivity contribution in [2.24, 2.45) is 5.92 Å². The number of hydrogen-bond donors (Lipinski definition) is 1. The molecule has 0 unspecified atom stereocenters. The Morgan fingerprint density at radius 1 is 0.900 bits per heavy atom. The average Bonchev–Trinajstić information content (AvgIpc) is 3.34. The van der Waals surface area contributed by atoms with E-state index in [1.165, 1.54) is 10.5 Å². The quantitative estimate of drug-likeness (QED) is 0.349. The third-order valence-electron chi connectivity index (χ3n) is 6.51. The Kier molecular flexibility index (Phi) is 9.16. The molecule has 3 aromatic rings. The van der Waals surface area contributed by atoms with E-state index in [-0.39, 0.29) is 18.9 Å². The predicted molar refractivity (Wildman–Crippen MR) is 149 cm³/mol. The van der Waals surface area contributed by atoms with Crippen molar-refractivity contribution in [3.63, 3.8) is 0 Å². The van der Waals surface area contributed by atoms with E-state index in [2.05, 4.69) is 5.32 Å². The van der Waals surface area contributed by atoms with Gasteiger partial charge in [-0.25, -0.2) is 4.79 Å². The van der Waals surface area contributed by atoms with Gasteiger partial charge >= 0.3 is 11.9 Å². The number of carbonyl (C=O) groups is 4. The first-order chi connectivity index (χ1) is 19.2. The Morgan fingerprint density at radius 3 is 2.27 bits per heavy atom. The first kappa shape index (κ1) is 28.4. The summed E-state index contributed by atoms with van der Waals surface area (Å²) in [5, 5.41) is 2.61. The standard InChI is InChI=1S/C31H32N2O7/c1-4-15-38-30(36)22-6-8-24(9-7-22)32-28(34)19-39-31(37)23-17-29(35)33(18-23)25-10-13-26(14-11-25)40-27-12-5-20(2)21(3)16-27/h5-14,16,23H,4,15,17-19H2,1-3H3,(H,32,34)/t23-/m0/s1. The fraction of sp³-hybridized carbons (Fsp3) is 0.290. The van der Waals surface area contributed by atoms with Gasteiger partial charge in [0.25, 0.3) is 5.91 Å². The van der Waals surface area contributed by atoms with Gasteiger partial charge in [0.1, 0.15) is 11.5 Å².